The van der Waals surface area contributed by atoms with Crippen LogP contribution in [-0.4, -0.2) is 15.4 Å². The van der Waals surface area contributed by atoms with Crippen molar-refractivity contribution < 1.29 is 17.7 Å². The lowest BCUT2D eigenvalue weighted by atomic mass is 10.3. The van der Waals surface area contributed by atoms with Crippen LogP contribution in [0.25, 0.3) is 0 Å². The first-order chi connectivity index (χ1) is 7.26. The molecule has 0 saturated carbocycles. The number of nitrogen functional groups attached to an aromatic ring is 1. The van der Waals surface area contributed by atoms with Gasteiger partial charge < -0.3 is 10.3 Å². The van der Waals surface area contributed by atoms with Crippen molar-refractivity contribution >= 4 is 40.1 Å². The molecule has 0 spiro atoms. The molecule has 90 valence electrons. The van der Waals surface area contributed by atoms with Gasteiger partial charge in [-0.2, -0.15) is 0 Å². The Morgan fingerprint density at radius 1 is 1.44 bits per heavy atom. The van der Waals surface area contributed by atoms with Crippen molar-refractivity contribution in [3.05, 3.63) is 23.2 Å². The summed E-state index contributed by atoms with van der Waals surface area (Å²) >= 11 is 7.25. The lowest BCUT2D eigenvalue weighted by Gasteiger charge is -2.20. The predicted octanol–water partition coefficient (Wildman–Crippen LogP) is 3.16. The predicted molar refractivity (Wildman–Crippen MR) is 58.0 cm³/mol. The standard InChI is InChI=1S/C8H6Cl2F3NOS/c9-5-3-4(1-2-6(5)14)16(15)8(12,13)7(10)11/h1-3,7H,14H2. The van der Waals surface area contributed by atoms with Gasteiger partial charge in [0.25, 0.3) is 5.63 Å². The minimum absolute atomic E-state index is 0.0355. The van der Waals surface area contributed by atoms with Crippen molar-refractivity contribution in [3.8, 4) is 0 Å². The molecule has 0 heterocycles. The topological polar surface area (TPSA) is 49.1 Å². The SMILES string of the molecule is Nc1ccc([S+]([O-])C(F)(F)C(F)Cl)cc1Cl. The van der Waals surface area contributed by atoms with Gasteiger partial charge in [0.05, 0.1) is 21.9 Å². The molecule has 0 bridgehead atoms. The van der Waals surface area contributed by atoms with Gasteiger partial charge in [-0.05, 0) is 12.1 Å². The molecule has 2 N–H and O–H groups in total. The summed E-state index contributed by atoms with van der Waals surface area (Å²) in [6.45, 7) is 0. The van der Waals surface area contributed by atoms with Crippen LogP contribution in [0, 0.1) is 0 Å². The van der Waals surface area contributed by atoms with Gasteiger partial charge in [-0.15, -0.1) is 8.78 Å². The summed E-state index contributed by atoms with van der Waals surface area (Å²) in [7, 11) is 0. The van der Waals surface area contributed by atoms with Crippen molar-refractivity contribution in [2.45, 2.75) is 15.8 Å². The van der Waals surface area contributed by atoms with Crippen molar-refractivity contribution in [3.63, 3.8) is 0 Å². The third-order valence-electron chi connectivity index (χ3n) is 1.69. The Balaban J connectivity index is 3.05. The van der Waals surface area contributed by atoms with E-state index in [0.717, 1.165) is 12.1 Å². The van der Waals surface area contributed by atoms with Crippen LogP contribution in [-0.2, 0) is 11.2 Å². The quantitative estimate of drug-likeness (QED) is 0.528. The first-order valence-electron chi connectivity index (χ1n) is 3.89. The Morgan fingerprint density at radius 2 is 2.00 bits per heavy atom. The van der Waals surface area contributed by atoms with Gasteiger partial charge in [0, 0.05) is 6.07 Å². The molecule has 0 saturated heterocycles. The van der Waals surface area contributed by atoms with E-state index in [0.29, 0.717) is 0 Å². The van der Waals surface area contributed by atoms with E-state index in [1.54, 1.807) is 0 Å². The fourth-order valence-electron chi connectivity index (χ4n) is 0.861. The number of hydrogen-bond donors (Lipinski definition) is 1. The van der Waals surface area contributed by atoms with Crippen molar-refractivity contribution in [1.82, 2.24) is 0 Å². The molecule has 1 rings (SSSR count). The molecule has 1 aromatic rings. The summed E-state index contributed by atoms with van der Waals surface area (Å²) in [5.41, 5.74) is 2.45. The Hall–Kier alpha value is -0.300. The summed E-state index contributed by atoms with van der Waals surface area (Å²) in [6.07, 6.45) is 0. The van der Waals surface area contributed by atoms with E-state index in [2.05, 4.69) is 11.6 Å². The second kappa shape index (κ2) is 4.91. The molecule has 0 aromatic heterocycles. The molecular weight excluding hydrogens is 286 g/mol. The average molecular weight is 292 g/mol. The van der Waals surface area contributed by atoms with Crippen molar-refractivity contribution in [2.75, 3.05) is 5.73 Å². The maximum Gasteiger partial charge on any atom is 0.457 e. The zero-order chi connectivity index (χ0) is 12.5. The first kappa shape index (κ1) is 13.8. The van der Waals surface area contributed by atoms with Crippen LogP contribution in [0.5, 0.6) is 0 Å². The van der Waals surface area contributed by atoms with E-state index in [1.807, 2.05) is 0 Å². The van der Waals surface area contributed by atoms with Crippen LogP contribution >= 0.6 is 23.2 Å². The first-order valence-corrected chi connectivity index (χ1v) is 5.86. The molecule has 2 atom stereocenters. The van der Waals surface area contributed by atoms with Crippen molar-refractivity contribution in [2.24, 2.45) is 0 Å². The molecule has 0 aliphatic heterocycles. The summed E-state index contributed by atoms with van der Waals surface area (Å²) < 4.78 is 49.6. The van der Waals surface area contributed by atoms with Crippen LogP contribution in [0.1, 0.15) is 0 Å². The zero-order valence-electron chi connectivity index (χ0n) is 7.59. The van der Waals surface area contributed by atoms with E-state index >= 15 is 0 Å². The smallest absolute Gasteiger partial charge is 0.457 e. The summed E-state index contributed by atoms with van der Waals surface area (Å²) in [4.78, 5) is -0.340. The molecule has 0 amide bonds. The molecule has 2 nitrogen and oxygen atoms in total. The molecule has 2 unspecified atom stereocenters. The molecule has 8 heteroatoms. The summed E-state index contributed by atoms with van der Waals surface area (Å²) in [6, 6.07) is 3.26. The Kier molecular flexibility index (Phi) is 4.23. The summed E-state index contributed by atoms with van der Waals surface area (Å²) in [5.74, 6) is 0. The number of alkyl halides is 4. The maximum atomic E-state index is 13.0. The Morgan fingerprint density at radius 3 is 2.44 bits per heavy atom. The number of rotatable bonds is 3. The van der Waals surface area contributed by atoms with Gasteiger partial charge in [0.2, 0.25) is 0 Å². The third kappa shape index (κ3) is 2.68. The van der Waals surface area contributed by atoms with Gasteiger partial charge in [0.15, 0.2) is 4.90 Å². The molecule has 0 aliphatic rings. The fraction of sp³-hybridized carbons (Fsp3) is 0.250. The fourth-order valence-corrected chi connectivity index (χ4v) is 2.24. The molecule has 0 aliphatic carbocycles. The number of halogens is 5. The van der Waals surface area contributed by atoms with E-state index in [9.17, 15) is 17.7 Å². The van der Waals surface area contributed by atoms with E-state index in [-0.39, 0.29) is 15.6 Å². The lowest BCUT2D eigenvalue weighted by molar-refractivity contribution is 0.0423. The van der Waals surface area contributed by atoms with Gasteiger partial charge in [-0.3, -0.25) is 0 Å². The van der Waals surface area contributed by atoms with E-state index in [4.69, 9.17) is 17.3 Å². The molecule has 0 radical (unpaired) electrons. The number of nitrogens with two attached hydrogens (primary N) is 1. The van der Waals surface area contributed by atoms with Crippen LogP contribution in [0.4, 0.5) is 18.9 Å². The lowest BCUT2D eigenvalue weighted by Crippen LogP contribution is -2.35. The molecule has 16 heavy (non-hydrogen) atoms. The van der Waals surface area contributed by atoms with Gasteiger partial charge in [-0.25, -0.2) is 4.39 Å². The maximum absolute atomic E-state index is 13.0. The number of benzene rings is 1. The number of anilines is 1. The average Bonchev–Trinajstić information content (AvgIpc) is 2.20. The van der Waals surface area contributed by atoms with Crippen LogP contribution in [0.2, 0.25) is 5.02 Å². The highest BCUT2D eigenvalue weighted by Crippen LogP contribution is 2.36. The Bertz CT molecular complexity index is 392. The highest BCUT2D eigenvalue weighted by atomic mass is 35.5. The molecule has 1 aromatic carbocycles. The minimum atomic E-state index is -4.18. The zero-order valence-corrected chi connectivity index (χ0v) is 9.92. The van der Waals surface area contributed by atoms with E-state index in [1.165, 1.54) is 6.07 Å². The second-order valence-corrected chi connectivity index (χ2v) is 5.16. The monoisotopic (exact) mass is 291 g/mol. The van der Waals surface area contributed by atoms with E-state index < -0.39 is 22.1 Å². The molecular formula is C8H6Cl2F3NOS. The van der Waals surface area contributed by atoms with Gasteiger partial charge >= 0.3 is 5.25 Å². The number of hydrogen-bond acceptors (Lipinski definition) is 2. The van der Waals surface area contributed by atoms with Gasteiger partial charge in [-0.1, -0.05) is 23.2 Å². The summed E-state index contributed by atoms with van der Waals surface area (Å²) in [5, 5.41) is -4.22. The Labute approximate surface area is 103 Å². The third-order valence-corrected chi connectivity index (χ3v) is 3.80. The largest absolute Gasteiger partial charge is 0.607 e. The minimum Gasteiger partial charge on any atom is -0.607 e. The van der Waals surface area contributed by atoms with Crippen LogP contribution in [0.3, 0.4) is 0 Å². The highest BCUT2D eigenvalue weighted by Gasteiger charge is 2.53. The van der Waals surface area contributed by atoms with Crippen LogP contribution in [0.15, 0.2) is 23.1 Å². The van der Waals surface area contributed by atoms with Crippen LogP contribution < -0.4 is 5.73 Å². The normalized spacial score (nSPS) is 15.9. The highest BCUT2D eigenvalue weighted by molar-refractivity contribution is 7.92. The molecule has 0 fully saturated rings. The second-order valence-electron chi connectivity index (χ2n) is 2.81. The van der Waals surface area contributed by atoms with Crippen molar-refractivity contribution in [1.29, 1.82) is 0 Å². The van der Waals surface area contributed by atoms with Gasteiger partial charge in [0.1, 0.15) is 0 Å².